The van der Waals surface area contributed by atoms with Crippen molar-refractivity contribution in [3.8, 4) is 0 Å². The van der Waals surface area contributed by atoms with Crippen LogP contribution in [0.25, 0.3) is 0 Å². The van der Waals surface area contributed by atoms with Gasteiger partial charge in [0.2, 0.25) is 0 Å². The molecule has 2 nitrogen and oxygen atoms in total. The van der Waals surface area contributed by atoms with Crippen molar-refractivity contribution in [3.05, 3.63) is 65.2 Å². The summed E-state index contributed by atoms with van der Waals surface area (Å²) >= 11 is 0. The maximum absolute atomic E-state index is 13.5. The molecule has 0 heterocycles. The lowest BCUT2D eigenvalue weighted by molar-refractivity contribution is 0.102. The summed E-state index contributed by atoms with van der Waals surface area (Å²) in [5.41, 5.74) is 1.42. The van der Waals surface area contributed by atoms with Gasteiger partial charge in [-0.3, -0.25) is 4.79 Å². The van der Waals surface area contributed by atoms with Crippen LogP contribution < -0.4 is 5.32 Å². The van der Waals surface area contributed by atoms with Gasteiger partial charge in [0.25, 0.3) is 5.91 Å². The van der Waals surface area contributed by atoms with Crippen LogP contribution in [0.1, 0.15) is 29.3 Å². The quantitative estimate of drug-likeness (QED) is 0.891. The van der Waals surface area contributed by atoms with Crippen molar-refractivity contribution in [3.63, 3.8) is 0 Å². The van der Waals surface area contributed by atoms with Crippen molar-refractivity contribution in [1.29, 1.82) is 0 Å². The van der Waals surface area contributed by atoms with Gasteiger partial charge in [-0.2, -0.15) is 0 Å². The van der Waals surface area contributed by atoms with E-state index in [4.69, 9.17) is 0 Å². The predicted molar refractivity (Wildman–Crippen MR) is 74.7 cm³/mol. The first-order valence-corrected chi connectivity index (χ1v) is 6.46. The lowest BCUT2D eigenvalue weighted by Gasteiger charge is -2.07. The lowest BCUT2D eigenvalue weighted by Crippen LogP contribution is -2.14. The molecule has 0 atom stereocenters. The molecule has 0 aromatic heterocycles. The molecule has 0 bridgehead atoms. The molecule has 0 radical (unpaired) electrons. The second kappa shape index (κ2) is 6.28. The first-order valence-electron chi connectivity index (χ1n) is 6.46. The molecular weight excluding hydrogens is 260 g/mol. The van der Waals surface area contributed by atoms with Gasteiger partial charge >= 0.3 is 0 Å². The van der Waals surface area contributed by atoms with Crippen LogP contribution in [0.5, 0.6) is 0 Å². The third kappa shape index (κ3) is 3.20. The number of aryl methyl sites for hydroxylation is 1. The Hall–Kier alpha value is -2.23. The molecule has 2 rings (SSSR count). The van der Waals surface area contributed by atoms with Gasteiger partial charge in [-0.15, -0.1) is 0 Å². The molecule has 4 heteroatoms. The molecule has 2 aromatic carbocycles. The van der Waals surface area contributed by atoms with E-state index < -0.39 is 17.5 Å². The number of rotatable bonds is 4. The highest BCUT2D eigenvalue weighted by Crippen LogP contribution is 2.15. The van der Waals surface area contributed by atoms with Gasteiger partial charge in [-0.1, -0.05) is 31.5 Å². The van der Waals surface area contributed by atoms with Crippen LogP contribution in [0.4, 0.5) is 14.5 Å². The zero-order chi connectivity index (χ0) is 14.5. The van der Waals surface area contributed by atoms with E-state index in [0.717, 1.165) is 18.9 Å². The number of carbonyl (C=O) groups excluding carboxylic acids is 1. The summed E-state index contributed by atoms with van der Waals surface area (Å²) in [5.74, 6) is -2.83. The molecule has 1 amide bonds. The molecule has 0 saturated heterocycles. The maximum atomic E-state index is 13.5. The fourth-order valence-corrected chi connectivity index (χ4v) is 1.92. The summed E-state index contributed by atoms with van der Waals surface area (Å²) in [6.45, 7) is 2.09. The molecule has 0 aliphatic rings. The molecule has 104 valence electrons. The van der Waals surface area contributed by atoms with Crippen molar-refractivity contribution >= 4 is 11.6 Å². The van der Waals surface area contributed by atoms with E-state index in [0.29, 0.717) is 5.69 Å². The first kappa shape index (κ1) is 14.2. The number of carbonyl (C=O) groups is 1. The number of hydrogen-bond donors (Lipinski definition) is 1. The van der Waals surface area contributed by atoms with Gasteiger partial charge in [0.1, 0.15) is 0 Å². The average molecular weight is 275 g/mol. The number of benzene rings is 2. The number of nitrogens with one attached hydrogen (secondary N) is 1. The molecular formula is C16H15F2NO. The van der Waals surface area contributed by atoms with Crippen LogP contribution in [0.15, 0.2) is 42.5 Å². The Bertz CT molecular complexity index is 608. The lowest BCUT2D eigenvalue weighted by atomic mass is 10.1. The van der Waals surface area contributed by atoms with Crippen LogP contribution in [-0.4, -0.2) is 5.91 Å². The summed E-state index contributed by atoms with van der Waals surface area (Å²) in [5, 5.41) is 2.55. The van der Waals surface area contributed by atoms with Crippen molar-refractivity contribution in [2.24, 2.45) is 0 Å². The Morgan fingerprint density at radius 3 is 2.45 bits per heavy atom. The molecule has 20 heavy (non-hydrogen) atoms. The number of anilines is 1. The molecule has 0 aliphatic heterocycles. The van der Waals surface area contributed by atoms with E-state index in [1.165, 1.54) is 17.7 Å². The highest BCUT2D eigenvalue weighted by molar-refractivity contribution is 6.04. The molecule has 0 unspecified atom stereocenters. The minimum absolute atomic E-state index is 0.303. The summed E-state index contributed by atoms with van der Waals surface area (Å²) in [7, 11) is 0. The fraction of sp³-hybridized carbons (Fsp3) is 0.188. The van der Waals surface area contributed by atoms with Crippen LogP contribution in [-0.2, 0) is 6.42 Å². The molecule has 0 aliphatic carbocycles. The SMILES string of the molecule is CCCc1ccc(NC(=O)c2cccc(F)c2F)cc1. The maximum Gasteiger partial charge on any atom is 0.258 e. The zero-order valence-electron chi connectivity index (χ0n) is 11.1. The summed E-state index contributed by atoms with van der Waals surface area (Å²) in [6.07, 6.45) is 2.01. The number of hydrogen-bond acceptors (Lipinski definition) is 1. The highest BCUT2D eigenvalue weighted by Gasteiger charge is 2.14. The van der Waals surface area contributed by atoms with E-state index >= 15 is 0 Å². The van der Waals surface area contributed by atoms with Crippen molar-refractivity contribution in [2.45, 2.75) is 19.8 Å². The van der Waals surface area contributed by atoms with E-state index in [1.807, 2.05) is 12.1 Å². The Balaban J connectivity index is 2.13. The highest BCUT2D eigenvalue weighted by atomic mass is 19.2. The van der Waals surface area contributed by atoms with Crippen LogP contribution in [0.3, 0.4) is 0 Å². The molecule has 0 spiro atoms. The smallest absolute Gasteiger partial charge is 0.258 e. The summed E-state index contributed by atoms with van der Waals surface area (Å²) < 4.78 is 26.5. The topological polar surface area (TPSA) is 29.1 Å². The van der Waals surface area contributed by atoms with Gasteiger partial charge in [0.15, 0.2) is 11.6 Å². The predicted octanol–water partition coefficient (Wildman–Crippen LogP) is 4.17. The molecule has 2 aromatic rings. The van der Waals surface area contributed by atoms with Crippen molar-refractivity contribution in [2.75, 3.05) is 5.32 Å². The fourth-order valence-electron chi connectivity index (χ4n) is 1.92. The molecule has 0 fully saturated rings. The average Bonchev–Trinajstić information content (AvgIpc) is 2.44. The van der Waals surface area contributed by atoms with E-state index in [1.54, 1.807) is 12.1 Å². The largest absolute Gasteiger partial charge is 0.322 e. The Morgan fingerprint density at radius 1 is 1.10 bits per heavy atom. The third-order valence-corrected chi connectivity index (χ3v) is 2.95. The second-order valence-corrected chi connectivity index (χ2v) is 4.50. The second-order valence-electron chi connectivity index (χ2n) is 4.50. The standard InChI is InChI=1S/C16H15F2NO/c1-2-4-11-7-9-12(10-8-11)19-16(20)13-5-3-6-14(17)15(13)18/h3,5-10H,2,4H2,1H3,(H,19,20). The first-order chi connectivity index (χ1) is 9.61. The Labute approximate surface area is 116 Å². The Morgan fingerprint density at radius 2 is 1.80 bits per heavy atom. The van der Waals surface area contributed by atoms with Gasteiger partial charge < -0.3 is 5.32 Å². The summed E-state index contributed by atoms with van der Waals surface area (Å²) in [6, 6.07) is 10.8. The van der Waals surface area contributed by atoms with Crippen molar-refractivity contribution in [1.82, 2.24) is 0 Å². The van der Waals surface area contributed by atoms with Gasteiger partial charge in [0, 0.05) is 5.69 Å². The molecule has 0 saturated carbocycles. The van der Waals surface area contributed by atoms with Crippen molar-refractivity contribution < 1.29 is 13.6 Å². The minimum atomic E-state index is -1.13. The monoisotopic (exact) mass is 275 g/mol. The minimum Gasteiger partial charge on any atom is -0.322 e. The van der Waals surface area contributed by atoms with E-state index in [-0.39, 0.29) is 5.56 Å². The number of halogens is 2. The van der Waals surface area contributed by atoms with Gasteiger partial charge in [-0.05, 0) is 36.2 Å². The number of amides is 1. The van der Waals surface area contributed by atoms with Crippen LogP contribution >= 0.6 is 0 Å². The van der Waals surface area contributed by atoms with E-state index in [9.17, 15) is 13.6 Å². The molecule has 1 N–H and O–H groups in total. The van der Waals surface area contributed by atoms with E-state index in [2.05, 4.69) is 12.2 Å². The van der Waals surface area contributed by atoms with Crippen LogP contribution in [0, 0.1) is 11.6 Å². The third-order valence-electron chi connectivity index (χ3n) is 2.95. The van der Waals surface area contributed by atoms with Crippen LogP contribution in [0.2, 0.25) is 0 Å². The zero-order valence-corrected chi connectivity index (χ0v) is 11.1. The Kier molecular flexibility index (Phi) is 4.45. The summed E-state index contributed by atoms with van der Waals surface area (Å²) in [4.78, 5) is 11.9. The van der Waals surface area contributed by atoms with Gasteiger partial charge in [0.05, 0.1) is 5.56 Å². The van der Waals surface area contributed by atoms with Gasteiger partial charge in [-0.25, -0.2) is 8.78 Å². The normalized spacial score (nSPS) is 10.3.